The molecule has 0 aliphatic rings. The van der Waals surface area contributed by atoms with Crippen molar-refractivity contribution in [3.63, 3.8) is 0 Å². The van der Waals surface area contributed by atoms with Gasteiger partial charge in [-0.05, 0) is 43.9 Å². The molecular weight excluding hydrogens is 306 g/mol. The Kier molecular flexibility index (Phi) is 5.70. The molecule has 1 N–H and O–H groups in total. The first-order chi connectivity index (χ1) is 10.1. The molecule has 0 unspecified atom stereocenters. The SMILES string of the molecule is CSc1ccc(Cl)c(C(=O)NCCCn2ccc(C)n2)c1. The zero-order chi connectivity index (χ0) is 15.2. The first-order valence-electron chi connectivity index (χ1n) is 6.72. The number of nitrogens with one attached hydrogen (secondary N) is 1. The topological polar surface area (TPSA) is 46.9 Å². The van der Waals surface area contributed by atoms with Crippen LogP contribution < -0.4 is 5.32 Å². The summed E-state index contributed by atoms with van der Waals surface area (Å²) < 4.78 is 1.88. The van der Waals surface area contributed by atoms with Crippen LogP contribution in [-0.4, -0.2) is 28.5 Å². The van der Waals surface area contributed by atoms with Gasteiger partial charge in [-0.2, -0.15) is 5.10 Å². The van der Waals surface area contributed by atoms with Crippen molar-refractivity contribution in [3.05, 3.63) is 46.7 Å². The predicted octanol–water partition coefficient (Wildman–Crippen LogP) is 3.39. The lowest BCUT2D eigenvalue weighted by Gasteiger charge is -2.08. The Hall–Kier alpha value is -1.46. The monoisotopic (exact) mass is 323 g/mol. The molecule has 0 saturated heterocycles. The van der Waals surface area contributed by atoms with Crippen LogP contribution in [0.5, 0.6) is 0 Å². The highest BCUT2D eigenvalue weighted by atomic mass is 35.5. The van der Waals surface area contributed by atoms with Crippen molar-refractivity contribution in [3.8, 4) is 0 Å². The second-order valence-electron chi connectivity index (χ2n) is 4.68. The number of aryl methyl sites for hydroxylation is 2. The fourth-order valence-electron chi connectivity index (χ4n) is 1.93. The lowest BCUT2D eigenvalue weighted by molar-refractivity contribution is 0.0952. The molecule has 1 amide bonds. The van der Waals surface area contributed by atoms with Crippen LogP contribution >= 0.6 is 23.4 Å². The molecule has 21 heavy (non-hydrogen) atoms. The molecule has 2 aromatic rings. The summed E-state index contributed by atoms with van der Waals surface area (Å²) in [5.41, 5.74) is 1.53. The van der Waals surface area contributed by atoms with Gasteiger partial charge in [0.25, 0.3) is 5.91 Å². The summed E-state index contributed by atoms with van der Waals surface area (Å²) in [5.74, 6) is -0.132. The van der Waals surface area contributed by atoms with Crippen molar-refractivity contribution in [1.29, 1.82) is 0 Å². The van der Waals surface area contributed by atoms with E-state index in [0.717, 1.165) is 23.6 Å². The first-order valence-corrected chi connectivity index (χ1v) is 8.32. The van der Waals surface area contributed by atoms with E-state index < -0.39 is 0 Å². The molecule has 0 aliphatic carbocycles. The average Bonchev–Trinajstić information content (AvgIpc) is 2.89. The molecule has 0 atom stereocenters. The summed E-state index contributed by atoms with van der Waals surface area (Å²) in [6.45, 7) is 3.34. The summed E-state index contributed by atoms with van der Waals surface area (Å²) in [5, 5.41) is 7.68. The van der Waals surface area contributed by atoms with Gasteiger partial charge in [-0.3, -0.25) is 9.48 Å². The number of hydrogen-bond donors (Lipinski definition) is 1. The van der Waals surface area contributed by atoms with Crippen LogP contribution in [0, 0.1) is 6.92 Å². The standard InChI is InChI=1S/C15H18ClN3OS/c1-11-6-9-19(18-11)8-3-7-17-15(20)13-10-12(21-2)4-5-14(13)16/h4-6,9-10H,3,7-8H2,1-2H3,(H,17,20). The largest absolute Gasteiger partial charge is 0.352 e. The van der Waals surface area contributed by atoms with E-state index in [1.165, 1.54) is 0 Å². The second kappa shape index (κ2) is 7.52. The maximum atomic E-state index is 12.1. The number of halogens is 1. The second-order valence-corrected chi connectivity index (χ2v) is 5.96. The molecule has 0 radical (unpaired) electrons. The van der Waals surface area contributed by atoms with Gasteiger partial charge in [0.05, 0.1) is 16.3 Å². The Balaban J connectivity index is 1.84. The zero-order valence-electron chi connectivity index (χ0n) is 12.1. The van der Waals surface area contributed by atoms with Gasteiger partial charge in [-0.1, -0.05) is 11.6 Å². The predicted molar refractivity (Wildman–Crippen MR) is 87.1 cm³/mol. The van der Waals surface area contributed by atoms with Crippen LogP contribution in [-0.2, 0) is 6.54 Å². The molecule has 112 valence electrons. The summed E-state index contributed by atoms with van der Waals surface area (Å²) >= 11 is 7.66. The van der Waals surface area contributed by atoms with Crippen molar-refractivity contribution in [2.24, 2.45) is 0 Å². The average molecular weight is 324 g/mol. The summed E-state index contributed by atoms with van der Waals surface area (Å²) in [4.78, 5) is 13.1. The number of carbonyl (C=O) groups excluding carboxylic acids is 1. The van der Waals surface area contributed by atoms with E-state index in [2.05, 4.69) is 10.4 Å². The van der Waals surface area contributed by atoms with Crippen molar-refractivity contribution in [1.82, 2.24) is 15.1 Å². The lowest BCUT2D eigenvalue weighted by atomic mass is 10.2. The smallest absolute Gasteiger partial charge is 0.252 e. The fraction of sp³-hybridized carbons (Fsp3) is 0.333. The van der Waals surface area contributed by atoms with Crippen LogP contribution in [0.25, 0.3) is 0 Å². The molecule has 0 saturated carbocycles. The van der Waals surface area contributed by atoms with Crippen LogP contribution in [0.4, 0.5) is 0 Å². The van der Waals surface area contributed by atoms with Crippen molar-refractivity contribution in [2.45, 2.75) is 24.8 Å². The molecule has 1 aromatic heterocycles. The zero-order valence-corrected chi connectivity index (χ0v) is 13.7. The number of thioether (sulfide) groups is 1. The van der Waals surface area contributed by atoms with E-state index in [1.807, 2.05) is 42.3 Å². The van der Waals surface area contributed by atoms with Gasteiger partial charge in [-0.15, -0.1) is 11.8 Å². The Labute approximate surface area is 133 Å². The van der Waals surface area contributed by atoms with Gasteiger partial charge in [0, 0.05) is 24.2 Å². The molecule has 1 heterocycles. The van der Waals surface area contributed by atoms with Gasteiger partial charge in [-0.25, -0.2) is 0 Å². The van der Waals surface area contributed by atoms with E-state index in [9.17, 15) is 4.79 Å². The van der Waals surface area contributed by atoms with Gasteiger partial charge >= 0.3 is 0 Å². The molecule has 4 nitrogen and oxygen atoms in total. The Morgan fingerprint density at radius 2 is 2.24 bits per heavy atom. The number of hydrogen-bond acceptors (Lipinski definition) is 3. The molecule has 0 spiro atoms. The van der Waals surface area contributed by atoms with Crippen molar-refractivity contribution < 1.29 is 4.79 Å². The number of carbonyl (C=O) groups is 1. The van der Waals surface area contributed by atoms with Gasteiger partial charge in [0.15, 0.2) is 0 Å². The normalized spacial score (nSPS) is 10.6. The van der Waals surface area contributed by atoms with Crippen LogP contribution in [0.1, 0.15) is 22.5 Å². The summed E-state index contributed by atoms with van der Waals surface area (Å²) in [6.07, 6.45) is 4.74. The minimum atomic E-state index is -0.132. The van der Waals surface area contributed by atoms with E-state index in [1.54, 1.807) is 17.8 Å². The van der Waals surface area contributed by atoms with Crippen molar-refractivity contribution in [2.75, 3.05) is 12.8 Å². The number of benzene rings is 1. The first kappa shape index (κ1) is 15.9. The summed E-state index contributed by atoms with van der Waals surface area (Å²) in [7, 11) is 0. The van der Waals surface area contributed by atoms with E-state index in [4.69, 9.17) is 11.6 Å². The molecular formula is C15H18ClN3OS. The highest BCUT2D eigenvalue weighted by Crippen LogP contribution is 2.22. The van der Waals surface area contributed by atoms with E-state index >= 15 is 0 Å². The van der Waals surface area contributed by atoms with Crippen LogP contribution in [0.3, 0.4) is 0 Å². The Morgan fingerprint density at radius 1 is 1.43 bits per heavy atom. The quantitative estimate of drug-likeness (QED) is 0.655. The molecule has 0 fully saturated rings. The number of nitrogens with zero attached hydrogens (tertiary/aromatic N) is 2. The van der Waals surface area contributed by atoms with Crippen LogP contribution in [0.2, 0.25) is 5.02 Å². The maximum Gasteiger partial charge on any atom is 0.252 e. The van der Waals surface area contributed by atoms with Crippen LogP contribution in [0.15, 0.2) is 35.4 Å². The number of aromatic nitrogens is 2. The molecule has 1 aromatic carbocycles. The third kappa shape index (κ3) is 4.51. The van der Waals surface area contributed by atoms with E-state index in [0.29, 0.717) is 17.1 Å². The molecule has 0 aliphatic heterocycles. The van der Waals surface area contributed by atoms with Gasteiger partial charge in [0.1, 0.15) is 0 Å². The van der Waals surface area contributed by atoms with Crippen molar-refractivity contribution >= 4 is 29.3 Å². The highest BCUT2D eigenvalue weighted by Gasteiger charge is 2.10. The highest BCUT2D eigenvalue weighted by molar-refractivity contribution is 7.98. The third-order valence-corrected chi connectivity index (χ3v) is 4.10. The molecule has 0 bridgehead atoms. The Bertz CT molecular complexity index is 627. The number of amides is 1. The third-order valence-electron chi connectivity index (χ3n) is 3.04. The minimum absolute atomic E-state index is 0.132. The summed E-state index contributed by atoms with van der Waals surface area (Å²) in [6, 6.07) is 7.45. The molecule has 6 heteroatoms. The Morgan fingerprint density at radius 3 is 2.90 bits per heavy atom. The van der Waals surface area contributed by atoms with E-state index in [-0.39, 0.29) is 5.91 Å². The number of rotatable bonds is 6. The van der Waals surface area contributed by atoms with Gasteiger partial charge < -0.3 is 5.32 Å². The lowest BCUT2D eigenvalue weighted by Crippen LogP contribution is -2.25. The van der Waals surface area contributed by atoms with Gasteiger partial charge in [0.2, 0.25) is 0 Å². The maximum absolute atomic E-state index is 12.1. The fourth-order valence-corrected chi connectivity index (χ4v) is 2.57. The molecule has 2 rings (SSSR count). The minimum Gasteiger partial charge on any atom is -0.352 e.